The average molecular weight is 429 g/mol. The maximum atomic E-state index is 12.0. The molecule has 1 saturated heterocycles. The zero-order chi connectivity index (χ0) is 21.3. The number of likely N-dealkylation sites (tertiary alicyclic amines) is 1. The number of ether oxygens (including phenoxy) is 1. The molecule has 0 radical (unpaired) electrons. The highest BCUT2D eigenvalue weighted by molar-refractivity contribution is 6.35. The van der Waals surface area contributed by atoms with Crippen LogP contribution in [0.2, 0.25) is 5.02 Å². The summed E-state index contributed by atoms with van der Waals surface area (Å²) in [6, 6.07) is 15.7. The van der Waals surface area contributed by atoms with E-state index in [2.05, 4.69) is 10.1 Å². The van der Waals surface area contributed by atoms with Crippen molar-refractivity contribution in [2.45, 2.75) is 26.7 Å². The van der Waals surface area contributed by atoms with Gasteiger partial charge in [0.2, 0.25) is 0 Å². The fourth-order valence-electron chi connectivity index (χ4n) is 3.73. The van der Waals surface area contributed by atoms with E-state index in [1.165, 1.54) is 0 Å². The van der Waals surface area contributed by atoms with E-state index < -0.39 is 0 Å². The van der Waals surface area contributed by atoms with Gasteiger partial charge in [-0.2, -0.15) is 0 Å². The summed E-state index contributed by atoms with van der Waals surface area (Å²) in [5.74, 6) is -0.144. The number of carbonyl (C=O) groups is 1. The minimum atomic E-state index is -0.0957. The molecule has 6 heteroatoms. The van der Waals surface area contributed by atoms with Crippen molar-refractivity contribution >= 4 is 23.3 Å². The van der Waals surface area contributed by atoms with Gasteiger partial charge in [0.1, 0.15) is 12.3 Å². The maximum absolute atomic E-state index is 12.0. The first-order valence-electron chi connectivity index (χ1n) is 10.5. The molecule has 0 spiro atoms. The number of hydrogen-bond donors (Lipinski definition) is 0. The van der Waals surface area contributed by atoms with Crippen LogP contribution < -0.4 is 0 Å². The first-order valence-corrected chi connectivity index (χ1v) is 10.9. The Morgan fingerprint density at radius 1 is 1.17 bits per heavy atom. The first kappa shape index (κ1) is 22.3. The molecular formula is C24H29ClN2O3. The summed E-state index contributed by atoms with van der Waals surface area (Å²) >= 11 is 6.44. The van der Waals surface area contributed by atoms with Gasteiger partial charge in [0.25, 0.3) is 0 Å². The predicted molar refractivity (Wildman–Crippen MR) is 120 cm³/mol. The van der Waals surface area contributed by atoms with Gasteiger partial charge < -0.3 is 9.57 Å². The van der Waals surface area contributed by atoms with Crippen molar-refractivity contribution in [3.05, 3.63) is 70.2 Å². The SMILES string of the molecule is CCOC(=O)[C@@H]1CCCN(CCO/N=C(\c2ccccc2C)c2ccccc2Cl)C1. The summed E-state index contributed by atoms with van der Waals surface area (Å²) in [6.45, 7) is 7.13. The molecule has 5 nitrogen and oxygen atoms in total. The van der Waals surface area contributed by atoms with Crippen LogP contribution in [0.15, 0.2) is 53.7 Å². The maximum Gasteiger partial charge on any atom is 0.310 e. The number of hydrogen-bond acceptors (Lipinski definition) is 5. The van der Waals surface area contributed by atoms with E-state index in [-0.39, 0.29) is 11.9 Å². The predicted octanol–water partition coefficient (Wildman–Crippen LogP) is 4.69. The molecule has 2 aromatic rings. The third kappa shape index (κ3) is 5.83. The number of aryl methyl sites for hydroxylation is 1. The van der Waals surface area contributed by atoms with Crippen molar-refractivity contribution in [3.8, 4) is 0 Å². The number of piperidine rings is 1. The normalized spacial score (nSPS) is 17.6. The summed E-state index contributed by atoms with van der Waals surface area (Å²) < 4.78 is 5.18. The van der Waals surface area contributed by atoms with Crippen molar-refractivity contribution in [1.82, 2.24) is 4.90 Å². The number of benzene rings is 2. The lowest BCUT2D eigenvalue weighted by atomic mass is 9.98. The van der Waals surface area contributed by atoms with Crippen LogP contribution in [-0.2, 0) is 14.4 Å². The number of nitrogens with zero attached hydrogens (tertiary/aromatic N) is 2. The molecule has 1 heterocycles. The van der Waals surface area contributed by atoms with Gasteiger partial charge in [-0.3, -0.25) is 9.69 Å². The lowest BCUT2D eigenvalue weighted by molar-refractivity contribution is -0.150. The quantitative estimate of drug-likeness (QED) is 0.265. The Balaban J connectivity index is 1.66. The second-order valence-corrected chi connectivity index (χ2v) is 7.87. The van der Waals surface area contributed by atoms with E-state index in [0.717, 1.165) is 41.8 Å². The largest absolute Gasteiger partial charge is 0.466 e. The van der Waals surface area contributed by atoms with Crippen LogP contribution in [-0.4, -0.2) is 49.4 Å². The van der Waals surface area contributed by atoms with Gasteiger partial charge >= 0.3 is 5.97 Å². The molecule has 0 N–H and O–H groups in total. The number of carbonyl (C=O) groups excluding carboxylic acids is 1. The van der Waals surface area contributed by atoms with Crippen molar-refractivity contribution in [2.24, 2.45) is 11.1 Å². The van der Waals surface area contributed by atoms with Crippen LogP contribution >= 0.6 is 11.6 Å². The molecule has 0 aromatic heterocycles. The van der Waals surface area contributed by atoms with Crippen LogP contribution in [0.4, 0.5) is 0 Å². The molecule has 0 amide bonds. The van der Waals surface area contributed by atoms with Gasteiger partial charge in [-0.15, -0.1) is 0 Å². The van der Waals surface area contributed by atoms with Crippen molar-refractivity contribution in [3.63, 3.8) is 0 Å². The first-order chi connectivity index (χ1) is 14.6. The highest BCUT2D eigenvalue weighted by Crippen LogP contribution is 2.22. The fraction of sp³-hybridized carbons (Fsp3) is 0.417. The summed E-state index contributed by atoms with van der Waals surface area (Å²) in [5.41, 5.74) is 3.66. The van der Waals surface area contributed by atoms with Crippen molar-refractivity contribution in [1.29, 1.82) is 0 Å². The Bertz CT molecular complexity index is 837. The fourth-order valence-corrected chi connectivity index (χ4v) is 3.95. The van der Waals surface area contributed by atoms with Gasteiger partial charge in [-0.25, -0.2) is 0 Å². The van der Waals surface area contributed by atoms with Crippen LogP contribution in [0.1, 0.15) is 36.5 Å². The average Bonchev–Trinajstić information content (AvgIpc) is 2.76. The van der Waals surface area contributed by atoms with Gasteiger partial charge in [0.15, 0.2) is 0 Å². The van der Waals surface area contributed by atoms with Crippen LogP contribution in [0.25, 0.3) is 0 Å². The van der Waals surface area contributed by atoms with Gasteiger partial charge in [-0.1, -0.05) is 59.2 Å². The van der Waals surface area contributed by atoms with Gasteiger partial charge in [0.05, 0.1) is 17.5 Å². The highest BCUT2D eigenvalue weighted by Gasteiger charge is 2.26. The molecular weight excluding hydrogens is 400 g/mol. The molecule has 1 aliphatic heterocycles. The number of oxime groups is 1. The van der Waals surface area contributed by atoms with Crippen molar-refractivity contribution < 1.29 is 14.4 Å². The Labute approximate surface area is 183 Å². The molecule has 0 unspecified atom stereocenters. The molecule has 1 fully saturated rings. The molecule has 0 bridgehead atoms. The second kappa shape index (κ2) is 11.1. The Morgan fingerprint density at radius 3 is 2.63 bits per heavy atom. The van der Waals surface area contributed by atoms with Gasteiger partial charge in [-0.05, 0) is 44.9 Å². The zero-order valence-corrected chi connectivity index (χ0v) is 18.4. The van der Waals surface area contributed by atoms with Crippen LogP contribution in [0.3, 0.4) is 0 Å². The smallest absolute Gasteiger partial charge is 0.310 e. The Kier molecular flexibility index (Phi) is 8.29. The van der Waals surface area contributed by atoms with Crippen LogP contribution in [0, 0.1) is 12.8 Å². The molecule has 3 rings (SSSR count). The monoisotopic (exact) mass is 428 g/mol. The lowest BCUT2D eigenvalue weighted by Gasteiger charge is -2.30. The van der Waals surface area contributed by atoms with Gasteiger partial charge in [0, 0.05) is 24.2 Å². The summed E-state index contributed by atoms with van der Waals surface area (Å²) in [6.07, 6.45) is 1.87. The topological polar surface area (TPSA) is 51.1 Å². The van der Waals surface area contributed by atoms with E-state index >= 15 is 0 Å². The minimum Gasteiger partial charge on any atom is -0.466 e. The third-order valence-electron chi connectivity index (χ3n) is 5.31. The molecule has 0 aliphatic carbocycles. The molecule has 30 heavy (non-hydrogen) atoms. The molecule has 1 atom stereocenters. The molecule has 1 aliphatic rings. The highest BCUT2D eigenvalue weighted by atomic mass is 35.5. The summed E-state index contributed by atoms with van der Waals surface area (Å²) in [4.78, 5) is 20.0. The third-order valence-corrected chi connectivity index (χ3v) is 5.64. The zero-order valence-electron chi connectivity index (χ0n) is 17.6. The van der Waals surface area contributed by atoms with Crippen molar-refractivity contribution in [2.75, 3.05) is 32.8 Å². The van der Waals surface area contributed by atoms with E-state index in [1.54, 1.807) is 0 Å². The number of esters is 1. The minimum absolute atomic E-state index is 0.0483. The van der Waals surface area contributed by atoms with Crippen LogP contribution in [0.5, 0.6) is 0 Å². The standard InChI is InChI=1S/C24H29ClN2O3/c1-3-29-24(28)19-10-8-14-27(17-19)15-16-30-26-23(20-11-5-4-9-18(20)2)21-12-6-7-13-22(21)25/h4-7,9,11-13,19H,3,8,10,14-17H2,1-2H3/b26-23+/t19-/m1/s1. The van der Waals surface area contributed by atoms with E-state index in [1.807, 2.05) is 62.4 Å². The lowest BCUT2D eigenvalue weighted by Crippen LogP contribution is -2.40. The van der Waals surface area contributed by atoms with E-state index in [4.69, 9.17) is 21.2 Å². The molecule has 160 valence electrons. The van der Waals surface area contributed by atoms with E-state index in [9.17, 15) is 4.79 Å². The second-order valence-electron chi connectivity index (χ2n) is 7.46. The Morgan fingerprint density at radius 2 is 1.90 bits per heavy atom. The molecule has 0 saturated carbocycles. The number of halogens is 1. The summed E-state index contributed by atoms with van der Waals surface area (Å²) in [7, 11) is 0. The van der Waals surface area contributed by atoms with E-state index in [0.29, 0.717) is 31.3 Å². The Hall–Kier alpha value is -2.37. The molecule has 2 aromatic carbocycles. The number of rotatable bonds is 8. The summed E-state index contributed by atoms with van der Waals surface area (Å²) in [5, 5.41) is 5.10.